The number of nitrogens with one attached hydrogen (secondary N) is 1. The maximum Gasteiger partial charge on any atom is 0.394 e. The van der Waals surface area contributed by atoms with E-state index in [0.29, 0.717) is 6.42 Å². The summed E-state index contributed by atoms with van der Waals surface area (Å²) in [6.45, 7) is 3.80. The molecule has 1 rings (SSSR count). The van der Waals surface area contributed by atoms with Crippen LogP contribution in [0.2, 0.25) is 0 Å². The molecule has 1 aromatic heterocycles. The van der Waals surface area contributed by atoms with Gasteiger partial charge in [-0.1, -0.05) is 0 Å². The Hall–Kier alpha value is -1.36. The van der Waals surface area contributed by atoms with Crippen LogP contribution >= 0.6 is 11.3 Å². The average molecular weight is 227 g/mol. The van der Waals surface area contributed by atoms with Gasteiger partial charge in [0.05, 0.1) is 0 Å². The number of rotatable bonds is 3. The van der Waals surface area contributed by atoms with Crippen LogP contribution in [0.15, 0.2) is 12.1 Å². The first-order valence-corrected chi connectivity index (χ1v) is 5.40. The number of carboxylic acid groups (broad SMARTS) is 1. The molecular weight excluding hydrogens is 214 g/mol. The van der Waals surface area contributed by atoms with Gasteiger partial charge in [-0.25, -0.2) is 4.79 Å². The third-order valence-electron chi connectivity index (χ3n) is 1.88. The molecule has 0 saturated heterocycles. The number of carboxylic acids is 1. The summed E-state index contributed by atoms with van der Waals surface area (Å²) in [5.74, 6) is -2.39. The molecule has 1 amide bonds. The summed E-state index contributed by atoms with van der Waals surface area (Å²) < 4.78 is 0. The topological polar surface area (TPSA) is 66.4 Å². The van der Waals surface area contributed by atoms with Gasteiger partial charge in [-0.15, -0.1) is 11.3 Å². The molecular formula is C10H13NO3S. The lowest BCUT2D eigenvalue weighted by Crippen LogP contribution is -2.38. The zero-order valence-corrected chi connectivity index (χ0v) is 9.43. The second-order valence-electron chi connectivity index (χ2n) is 3.40. The van der Waals surface area contributed by atoms with Crippen LogP contribution in [0.5, 0.6) is 0 Å². The van der Waals surface area contributed by atoms with Gasteiger partial charge in [-0.2, -0.15) is 0 Å². The second kappa shape index (κ2) is 4.93. The SMILES string of the molecule is Cc1ccc(CC(C)NC(=O)C(=O)O)s1. The zero-order valence-electron chi connectivity index (χ0n) is 8.61. The van der Waals surface area contributed by atoms with Crippen molar-refractivity contribution in [2.45, 2.75) is 26.3 Å². The van der Waals surface area contributed by atoms with Crippen LogP contribution in [0, 0.1) is 6.92 Å². The fraction of sp³-hybridized carbons (Fsp3) is 0.400. The fourth-order valence-corrected chi connectivity index (χ4v) is 2.25. The molecule has 82 valence electrons. The molecule has 1 heterocycles. The number of carbonyl (C=O) groups is 2. The number of aliphatic carboxylic acids is 1. The lowest BCUT2D eigenvalue weighted by atomic mass is 10.2. The molecule has 0 aliphatic rings. The van der Waals surface area contributed by atoms with Crippen molar-refractivity contribution in [1.29, 1.82) is 0 Å². The largest absolute Gasteiger partial charge is 0.474 e. The summed E-state index contributed by atoms with van der Waals surface area (Å²) in [5, 5.41) is 10.8. The molecule has 0 bridgehead atoms. The molecule has 0 radical (unpaired) electrons. The molecule has 1 aromatic rings. The molecule has 1 atom stereocenters. The van der Waals surface area contributed by atoms with Gasteiger partial charge in [0, 0.05) is 22.2 Å². The van der Waals surface area contributed by atoms with E-state index >= 15 is 0 Å². The van der Waals surface area contributed by atoms with Crippen molar-refractivity contribution in [2.75, 3.05) is 0 Å². The van der Waals surface area contributed by atoms with Crippen molar-refractivity contribution in [1.82, 2.24) is 5.32 Å². The summed E-state index contributed by atoms with van der Waals surface area (Å²) in [6.07, 6.45) is 0.664. The average Bonchev–Trinajstić information content (AvgIpc) is 2.50. The fourth-order valence-electron chi connectivity index (χ4n) is 1.23. The van der Waals surface area contributed by atoms with E-state index in [9.17, 15) is 9.59 Å². The third-order valence-corrected chi connectivity index (χ3v) is 2.90. The van der Waals surface area contributed by atoms with Crippen LogP contribution in [-0.2, 0) is 16.0 Å². The smallest absolute Gasteiger partial charge is 0.394 e. The summed E-state index contributed by atoms with van der Waals surface area (Å²) in [6, 6.07) is 3.83. The van der Waals surface area contributed by atoms with E-state index in [-0.39, 0.29) is 6.04 Å². The molecule has 2 N–H and O–H groups in total. The van der Waals surface area contributed by atoms with Crippen LogP contribution < -0.4 is 5.32 Å². The van der Waals surface area contributed by atoms with Crippen molar-refractivity contribution in [3.05, 3.63) is 21.9 Å². The standard InChI is InChI=1S/C10H13NO3S/c1-6(11-9(12)10(13)14)5-8-4-3-7(2)15-8/h3-4,6H,5H2,1-2H3,(H,11,12)(H,13,14). The number of carbonyl (C=O) groups excluding carboxylic acids is 1. The quantitative estimate of drug-likeness (QED) is 0.762. The van der Waals surface area contributed by atoms with Gasteiger partial charge in [0.2, 0.25) is 0 Å². The Morgan fingerprint density at radius 1 is 1.53 bits per heavy atom. The van der Waals surface area contributed by atoms with Gasteiger partial charge in [0.25, 0.3) is 0 Å². The predicted octanol–water partition coefficient (Wildman–Crippen LogP) is 1.19. The monoisotopic (exact) mass is 227 g/mol. The van der Waals surface area contributed by atoms with Crippen LogP contribution in [0.1, 0.15) is 16.7 Å². The lowest BCUT2D eigenvalue weighted by Gasteiger charge is -2.10. The maximum atomic E-state index is 10.8. The molecule has 1 unspecified atom stereocenters. The first-order chi connectivity index (χ1) is 6.99. The number of hydrogen-bond donors (Lipinski definition) is 2. The molecule has 0 aliphatic carbocycles. The normalized spacial score (nSPS) is 12.1. The van der Waals surface area contributed by atoms with Crippen LogP contribution in [0.3, 0.4) is 0 Å². The first kappa shape index (κ1) is 11.7. The summed E-state index contributed by atoms with van der Waals surface area (Å²) >= 11 is 1.65. The predicted molar refractivity (Wildman–Crippen MR) is 58.0 cm³/mol. The Bertz CT molecular complexity index is 372. The van der Waals surface area contributed by atoms with E-state index in [0.717, 1.165) is 4.88 Å². The van der Waals surface area contributed by atoms with E-state index < -0.39 is 11.9 Å². The Morgan fingerprint density at radius 3 is 2.67 bits per heavy atom. The number of hydrogen-bond acceptors (Lipinski definition) is 3. The van der Waals surface area contributed by atoms with Gasteiger partial charge >= 0.3 is 11.9 Å². The highest BCUT2D eigenvalue weighted by Crippen LogP contribution is 2.16. The molecule has 4 nitrogen and oxygen atoms in total. The number of thiophene rings is 1. The minimum atomic E-state index is -1.44. The highest BCUT2D eigenvalue weighted by atomic mass is 32.1. The van der Waals surface area contributed by atoms with E-state index in [2.05, 4.69) is 5.32 Å². The molecule has 0 aliphatic heterocycles. The highest BCUT2D eigenvalue weighted by Gasteiger charge is 2.14. The molecule has 0 fully saturated rings. The Balaban J connectivity index is 2.46. The van der Waals surface area contributed by atoms with Gasteiger partial charge in [-0.3, -0.25) is 4.79 Å². The molecule has 15 heavy (non-hydrogen) atoms. The third kappa shape index (κ3) is 3.71. The summed E-state index contributed by atoms with van der Waals surface area (Å²) in [7, 11) is 0. The summed E-state index contributed by atoms with van der Waals surface area (Å²) in [4.78, 5) is 23.5. The van der Waals surface area contributed by atoms with E-state index in [1.54, 1.807) is 18.3 Å². The Labute approximate surface area is 91.9 Å². The van der Waals surface area contributed by atoms with Crippen molar-refractivity contribution < 1.29 is 14.7 Å². The minimum Gasteiger partial charge on any atom is -0.474 e. The molecule has 0 aromatic carbocycles. The van der Waals surface area contributed by atoms with Gasteiger partial charge in [0.1, 0.15) is 0 Å². The second-order valence-corrected chi connectivity index (χ2v) is 4.77. The van der Waals surface area contributed by atoms with Gasteiger partial charge in [0.15, 0.2) is 0 Å². The minimum absolute atomic E-state index is 0.161. The van der Waals surface area contributed by atoms with Crippen molar-refractivity contribution >= 4 is 23.2 Å². The van der Waals surface area contributed by atoms with Crippen molar-refractivity contribution in [2.24, 2.45) is 0 Å². The van der Waals surface area contributed by atoms with Crippen LogP contribution in [0.4, 0.5) is 0 Å². The maximum absolute atomic E-state index is 10.8. The zero-order chi connectivity index (χ0) is 11.4. The highest BCUT2D eigenvalue weighted by molar-refractivity contribution is 7.11. The molecule has 0 spiro atoms. The Morgan fingerprint density at radius 2 is 2.20 bits per heavy atom. The van der Waals surface area contributed by atoms with E-state index in [1.807, 2.05) is 19.1 Å². The van der Waals surface area contributed by atoms with Gasteiger partial charge < -0.3 is 10.4 Å². The van der Waals surface area contributed by atoms with Gasteiger partial charge in [-0.05, 0) is 26.0 Å². The first-order valence-electron chi connectivity index (χ1n) is 4.58. The Kier molecular flexibility index (Phi) is 3.85. The van der Waals surface area contributed by atoms with Crippen LogP contribution in [0.25, 0.3) is 0 Å². The summed E-state index contributed by atoms with van der Waals surface area (Å²) in [5.41, 5.74) is 0. The van der Waals surface area contributed by atoms with E-state index in [4.69, 9.17) is 5.11 Å². The van der Waals surface area contributed by atoms with Crippen LogP contribution in [-0.4, -0.2) is 23.0 Å². The van der Waals surface area contributed by atoms with Crippen molar-refractivity contribution in [3.63, 3.8) is 0 Å². The number of aryl methyl sites for hydroxylation is 1. The van der Waals surface area contributed by atoms with Crippen molar-refractivity contribution in [3.8, 4) is 0 Å². The molecule has 0 saturated carbocycles. The number of amides is 1. The molecule has 5 heteroatoms. The lowest BCUT2D eigenvalue weighted by molar-refractivity contribution is -0.150. The van der Waals surface area contributed by atoms with E-state index in [1.165, 1.54) is 4.88 Å².